The van der Waals surface area contributed by atoms with Gasteiger partial charge in [0.25, 0.3) is 0 Å². The number of aliphatic carboxylic acids is 1. The summed E-state index contributed by atoms with van der Waals surface area (Å²) in [5.41, 5.74) is 4.98. The molecule has 0 amide bonds. The van der Waals surface area contributed by atoms with Crippen LogP contribution in [0.3, 0.4) is 0 Å². The Morgan fingerprint density at radius 2 is 1.59 bits per heavy atom. The number of carboxylic acids is 1. The van der Waals surface area contributed by atoms with Crippen LogP contribution in [-0.4, -0.2) is 16.6 Å². The first-order valence-corrected chi connectivity index (χ1v) is 14.4. The molecule has 2 N–H and O–H groups in total. The minimum atomic E-state index is -0.983. The summed E-state index contributed by atoms with van der Waals surface area (Å²) in [6.07, 6.45) is 3.73. The highest BCUT2D eigenvalue weighted by Gasteiger charge is 2.54. The van der Waals surface area contributed by atoms with Gasteiger partial charge in [-0.3, -0.25) is 0 Å². The molecule has 0 heterocycles. The second-order valence-electron chi connectivity index (χ2n) is 10.9. The molecule has 1 spiro atoms. The fourth-order valence-electron chi connectivity index (χ4n) is 6.74. The summed E-state index contributed by atoms with van der Waals surface area (Å²) in [6.45, 7) is 0.543. The Morgan fingerprint density at radius 3 is 2.31 bits per heavy atom. The summed E-state index contributed by atoms with van der Waals surface area (Å²) in [7, 11) is 0. The molecule has 4 aromatic rings. The first kappa shape index (κ1) is 25.7. The van der Waals surface area contributed by atoms with E-state index in [1.165, 1.54) is 16.7 Å². The normalized spacial score (nSPS) is 23.8. The van der Waals surface area contributed by atoms with Crippen LogP contribution in [0, 0.1) is 0 Å². The Morgan fingerprint density at radius 1 is 0.872 bits per heavy atom. The van der Waals surface area contributed by atoms with Gasteiger partial charge in [-0.1, -0.05) is 88.7 Å². The van der Waals surface area contributed by atoms with Gasteiger partial charge in [-0.25, -0.2) is 4.79 Å². The predicted octanol–water partition coefficient (Wildman–Crippen LogP) is 8.12. The van der Waals surface area contributed by atoms with E-state index in [4.69, 9.17) is 4.74 Å². The van der Waals surface area contributed by atoms with Crippen LogP contribution in [0.25, 0.3) is 0 Å². The minimum Gasteiger partial charge on any atom is -0.489 e. The fraction of sp³-hybridized carbons (Fsp3) is 0.265. The number of ether oxygens (including phenoxy) is 1. The molecule has 39 heavy (non-hydrogen) atoms. The maximum Gasteiger partial charge on any atom is 0.329 e. The Hall–Kier alpha value is -3.57. The highest BCUT2D eigenvalue weighted by atomic mass is 79.9. The molecular weight excluding hydrogens is 550 g/mol. The van der Waals surface area contributed by atoms with Gasteiger partial charge in [0.05, 0.1) is 0 Å². The van der Waals surface area contributed by atoms with Gasteiger partial charge < -0.3 is 15.2 Å². The summed E-state index contributed by atoms with van der Waals surface area (Å²) in [4.78, 5) is 12.7. The lowest BCUT2D eigenvalue weighted by atomic mass is 9.59. The molecule has 0 aromatic heterocycles. The number of hydrogen-bond acceptors (Lipinski definition) is 3. The number of hydrogen-bond donors (Lipinski definition) is 2. The molecule has 4 nitrogen and oxygen atoms in total. The van der Waals surface area contributed by atoms with E-state index in [1.807, 2.05) is 42.5 Å². The van der Waals surface area contributed by atoms with Crippen molar-refractivity contribution in [3.63, 3.8) is 0 Å². The van der Waals surface area contributed by atoms with E-state index in [-0.39, 0.29) is 5.41 Å². The number of carbonyl (C=O) groups is 1. The molecule has 0 bridgehead atoms. The van der Waals surface area contributed by atoms with Crippen molar-refractivity contribution >= 4 is 27.6 Å². The van der Waals surface area contributed by atoms with Crippen molar-refractivity contribution in [3.05, 3.63) is 130 Å². The minimum absolute atomic E-state index is 0.0824. The number of anilines is 1. The number of nitrogens with one attached hydrogen (secondary N) is 1. The molecule has 4 aromatic carbocycles. The second-order valence-corrected chi connectivity index (χ2v) is 11.9. The van der Waals surface area contributed by atoms with Gasteiger partial charge in [-0.05, 0) is 90.6 Å². The first-order valence-electron chi connectivity index (χ1n) is 13.6. The molecule has 0 radical (unpaired) electrons. The van der Waals surface area contributed by atoms with Gasteiger partial charge in [0, 0.05) is 15.6 Å². The molecule has 0 saturated heterocycles. The van der Waals surface area contributed by atoms with Crippen molar-refractivity contribution in [3.8, 4) is 5.75 Å². The lowest BCUT2D eigenvalue weighted by molar-refractivity contribution is -0.144. The molecular formula is C34H32BrNO3. The topological polar surface area (TPSA) is 58.6 Å². The average molecular weight is 583 g/mol. The van der Waals surface area contributed by atoms with E-state index in [0.29, 0.717) is 25.4 Å². The van der Waals surface area contributed by atoms with E-state index in [9.17, 15) is 9.90 Å². The third-order valence-corrected chi connectivity index (χ3v) is 9.28. The van der Waals surface area contributed by atoms with Gasteiger partial charge in [-0.15, -0.1) is 0 Å². The van der Waals surface area contributed by atoms with Crippen LogP contribution in [0.1, 0.15) is 53.9 Å². The van der Waals surface area contributed by atoms with Gasteiger partial charge in [0.15, 0.2) is 0 Å². The number of benzene rings is 4. The van der Waals surface area contributed by atoms with Crippen LogP contribution in [0.15, 0.2) is 108 Å². The summed E-state index contributed by atoms with van der Waals surface area (Å²) < 4.78 is 6.98. The second kappa shape index (κ2) is 10.5. The first-order chi connectivity index (χ1) is 19.0. The molecule has 1 unspecified atom stereocenters. The number of carboxylic acid groups (broad SMARTS) is 1. The fourth-order valence-corrected chi connectivity index (χ4v) is 7.14. The molecule has 2 aliphatic carbocycles. The molecule has 5 heteroatoms. The maximum atomic E-state index is 12.7. The molecule has 1 fully saturated rings. The molecule has 2 aliphatic rings. The largest absolute Gasteiger partial charge is 0.489 e. The highest BCUT2D eigenvalue weighted by Crippen LogP contribution is 2.58. The van der Waals surface area contributed by atoms with E-state index in [1.54, 1.807) is 0 Å². The molecule has 6 rings (SSSR count). The molecule has 1 atom stereocenters. The van der Waals surface area contributed by atoms with Gasteiger partial charge in [0.1, 0.15) is 17.9 Å². The van der Waals surface area contributed by atoms with E-state index >= 15 is 0 Å². The Kier molecular flexibility index (Phi) is 6.94. The highest BCUT2D eigenvalue weighted by molar-refractivity contribution is 9.10. The average Bonchev–Trinajstić information content (AvgIpc) is 3.28. The van der Waals surface area contributed by atoms with Crippen molar-refractivity contribution in [1.29, 1.82) is 0 Å². The number of halogens is 1. The van der Waals surface area contributed by atoms with Crippen LogP contribution < -0.4 is 10.1 Å². The predicted molar refractivity (Wildman–Crippen MR) is 158 cm³/mol. The van der Waals surface area contributed by atoms with Crippen molar-refractivity contribution in [1.82, 2.24) is 0 Å². The van der Waals surface area contributed by atoms with Crippen molar-refractivity contribution in [2.24, 2.45) is 0 Å². The number of fused-ring (bicyclic) bond motifs is 2. The summed E-state index contributed by atoms with van der Waals surface area (Å²) >= 11 is 3.51. The van der Waals surface area contributed by atoms with Gasteiger partial charge >= 0.3 is 5.97 Å². The standard InChI is InChI=1S/C34H32BrNO3/c35-27-10-6-11-28(22-27)36-34(32(37)38)19-17-33(18-20-34)30-12-5-4-9-26(30)21-31(33)25-13-15-29(16-14-25)39-23-24-7-2-1-3-8-24/h1-16,22,31,36H,17-21,23H2,(H,37,38). The number of rotatable bonds is 7. The van der Waals surface area contributed by atoms with Crippen molar-refractivity contribution < 1.29 is 14.6 Å². The van der Waals surface area contributed by atoms with Crippen LogP contribution in [-0.2, 0) is 23.2 Å². The lowest BCUT2D eigenvalue weighted by Crippen LogP contribution is -2.52. The third-order valence-electron chi connectivity index (χ3n) is 8.79. The SMILES string of the molecule is O=C(O)C1(Nc2cccc(Br)c2)CCC2(CC1)c1ccccc1CC2c1ccc(OCc2ccccc2)cc1. The van der Waals surface area contributed by atoms with Gasteiger partial charge in [-0.2, -0.15) is 0 Å². The molecule has 1 saturated carbocycles. The van der Waals surface area contributed by atoms with Gasteiger partial charge in [0.2, 0.25) is 0 Å². The maximum absolute atomic E-state index is 12.7. The zero-order valence-electron chi connectivity index (χ0n) is 21.8. The Balaban J connectivity index is 1.25. The quantitative estimate of drug-likeness (QED) is 0.231. The van der Waals surface area contributed by atoms with Crippen LogP contribution >= 0.6 is 15.9 Å². The van der Waals surface area contributed by atoms with E-state index < -0.39 is 11.5 Å². The summed E-state index contributed by atoms with van der Waals surface area (Å²) in [5.74, 6) is 0.384. The summed E-state index contributed by atoms with van der Waals surface area (Å²) in [6, 6.07) is 35.3. The zero-order valence-corrected chi connectivity index (χ0v) is 23.4. The molecule has 0 aliphatic heterocycles. The van der Waals surface area contributed by atoms with Crippen LogP contribution in [0.5, 0.6) is 5.75 Å². The van der Waals surface area contributed by atoms with E-state index in [2.05, 4.69) is 81.9 Å². The molecule has 198 valence electrons. The smallest absolute Gasteiger partial charge is 0.329 e. The van der Waals surface area contributed by atoms with Crippen LogP contribution in [0.4, 0.5) is 5.69 Å². The lowest BCUT2D eigenvalue weighted by Gasteiger charge is -2.47. The zero-order chi connectivity index (χ0) is 26.9. The third kappa shape index (κ3) is 4.96. The summed E-state index contributed by atoms with van der Waals surface area (Å²) in [5, 5.41) is 13.8. The Labute approximate surface area is 238 Å². The van der Waals surface area contributed by atoms with Crippen LogP contribution in [0.2, 0.25) is 0 Å². The van der Waals surface area contributed by atoms with E-state index in [0.717, 1.165) is 40.7 Å². The Bertz CT molecular complexity index is 1460. The van der Waals surface area contributed by atoms with Crippen molar-refractivity contribution in [2.45, 2.75) is 55.6 Å². The monoisotopic (exact) mass is 581 g/mol. The van der Waals surface area contributed by atoms with Crippen molar-refractivity contribution in [2.75, 3.05) is 5.32 Å².